The van der Waals surface area contributed by atoms with Crippen LogP contribution >= 0.6 is 0 Å². The molecule has 0 bridgehead atoms. The van der Waals surface area contributed by atoms with Crippen molar-refractivity contribution in [3.8, 4) is 0 Å². The molecule has 1 saturated carbocycles. The van der Waals surface area contributed by atoms with E-state index in [4.69, 9.17) is 5.73 Å². The van der Waals surface area contributed by atoms with Crippen molar-refractivity contribution in [3.63, 3.8) is 0 Å². The van der Waals surface area contributed by atoms with Crippen LogP contribution in [0.1, 0.15) is 32.1 Å². The predicted molar refractivity (Wildman–Crippen MR) is 73.0 cm³/mol. The fraction of sp³-hybridized carbons (Fsp3) is 0.571. The second-order valence-corrected chi connectivity index (χ2v) is 7.33. The summed E-state index contributed by atoms with van der Waals surface area (Å²) in [7, 11) is -3.42. The van der Waals surface area contributed by atoms with Crippen molar-refractivity contribution in [3.05, 3.63) is 30.1 Å². The van der Waals surface area contributed by atoms with Crippen molar-refractivity contribution in [2.24, 2.45) is 11.7 Å². The molecule has 1 aliphatic carbocycles. The molecule has 1 unspecified atom stereocenters. The molecule has 0 spiro atoms. The van der Waals surface area contributed by atoms with Gasteiger partial charge in [0.2, 0.25) is 0 Å². The molecule has 5 heteroatoms. The van der Waals surface area contributed by atoms with Gasteiger partial charge in [0.1, 0.15) is 5.82 Å². The lowest BCUT2D eigenvalue weighted by molar-refractivity contribution is 0.317. The molecule has 106 valence electrons. The van der Waals surface area contributed by atoms with Gasteiger partial charge in [-0.15, -0.1) is 0 Å². The highest BCUT2D eigenvalue weighted by molar-refractivity contribution is 7.91. The van der Waals surface area contributed by atoms with Crippen molar-refractivity contribution in [1.29, 1.82) is 0 Å². The maximum Gasteiger partial charge on any atom is 0.179 e. The Morgan fingerprint density at radius 1 is 1.16 bits per heavy atom. The topological polar surface area (TPSA) is 60.2 Å². The minimum Gasteiger partial charge on any atom is -0.327 e. The van der Waals surface area contributed by atoms with Gasteiger partial charge in [0.15, 0.2) is 9.84 Å². The largest absolute Gasteiger partial charge is 0.327 e. The summed E-state index contributed by atoms with van der Waals surface area (Å²) in [5, 5.41) is 0. The smallest absolute Gasteiger partial charge is 0.179 e. The van der Waals surface area contributed by atoms with E-state index in [1.165, 1.54) is 30.7 Å². The van der Waals surface area contributed by atoms with Crippen LogP contribution in [0.25, 0.3) is 0 Å². The first-order chi connectivity index (χ1) is 8.99. The summed E-state index contributed by atoms with van der Waals surface area (Å²) in [6.07, 6.45) is 5.51. The van der Waals surface area contributed by atoms with E-state index >= 15 is 0 Å². The van der Waals surface area contributed by atoms with Gasteiger partial charge in [-0.05, 0) is 43.0 Å². The highest BCUT2D eigenvalue weighted by Crippen LogP contribution is 2.27. The summed E-state index contributed by atoms with van der Waals surface area (Å²) < 4.78 is 37.2. The van der Waals surface area contributed by atoms with Crippen molar-refractivity contribution in [2.45, 2.75) is 43.0 Å². The molecular formula is C14H20FNO2S. The summed E-state index contributed by atoms with van der Waals surface area (Å²) in [5.41, 5.74) is 6.05. The third kappa shape index (κ3) is 3.76. The maximum atomic E-state index is 12.8. The molecule has 19 heavy (non-hydrogen) atoms. The Hall–Kier alpha value is -0.940. The fourth-order valence-corrected chi connectivity index (χ4v) is 4.21. The first kappa shape index (κ1) is 14.5. The molecule has 1 aromatic rings. The Morgan fingerprint density at radius 2 is 1.74 bits per heavy atom. The number of rotatable bonds is 4. The summed E-state index contributed by atoms with van der Waals surface area (Å²) in [6, 6.07) is 4.62. The van der Waals surface area contributed by atoms with Crippen molar-refractivity contribution < 1.29 is 12.8 Å². The highest BCUT2D eigenvalue weighted by Gasteiger charge is 2.26. The fourth-order valence-electron chi connectivity index (χ4n) is 2.69. The maximum absolute atomic E-state index is 12.8. The summed E-state index contributed by atoms with van der Waals surface area (Å²) in [5.74, 6) is -0.192. The van der Waals surface area contributed by atoms with Crippen LogP contribution in [0.2, 0.25) is 0 Å². The van der Waals surface area contributed by atoms with Gasteiger partial charge in [0.25, 0.3) is 0 Å². The molecule has 2 N–H and O–H groups in total. The molecule has 1 fully saturated rings. The van der Waals surface area contributed by atoms with E-state index in [1.807, 2.05) is 0 Å². The summed E-state index contributed by atoms with van der Waals surface area (Å²) >= 11 is 0. The van der Waals surface area contributed by atoms with Crippen LogP contribution in [0.4, 0.5) is 4.39 Å². The number of hydrogen-bond acceptors (Lipinski definition) is 3. The Bertz CT molecular complexity index is 507. The number of benzene rings is 1. The lowest BCUT2D eigenvalue weighted by Crippen LogP contribution is -2.38. The van der Waals surface area contributed by atoms with Crippen LogP contribution in [-0.4, -0.2) is 20.2 Å². The van der Waals surface area contributed by atoms with Gasteiger partial charge in [-0.3, -0.25) is 0 Å². The molecular weight excluding hydrogens is 265 g/mol. The zero-order valence-corrected chi connectivity index (χ0v) is 11.7. The molecule has 0 saturated heterocycles. The molecule has 3 nitrogen and oxygen atoms in total. The van der Waals surface area contributed by atoms with Gasteiger partial charge < -0.3 is 5.73 Å². The van der Waals surface area contributed by atoms with Gasteiger partial charge >= 0.3 is 0 Å². The average molecular weight is 285 g/mol. The average Bonchev–Trinajstić information content (AvgIpc) is 2.40. The first-order valence-corrected chi connectivity index (χ1v) is 8.38. The van der Waals surface area contributed by atoms with Gasteiger partial charge in [-0.1, -0.05) is 19.3 Å². The Kier molecular flexibility index (Phi) is 4.58. The number of nitrogens with two attached hydrogens (primary N) is 1. The Morgan fingerprint density at radius 3 is 2.32 bits per heavy atom. The molecule has 1 atom stereocenters. The number of halogens is 1. The molecule has 0 radical (unpaired) electrons. The van der Waals surface area contributed by atoms with Crippen LogP contribution in [0.3, 0.4) is 0 Å². The molecule has 1 aliphatic rings. The third-order valence-electron chi connectivity index (χ3n) is 3.84. The third-order valence-corrected chi connectivity index (χ3v) is 5.65. The van der Waals surface area contributed by atoms with Crippen molar-refractivity contribution >= 4 is 9.84 Å². The Labute approximate surface area is 113 Å². The predicted octanol–water partition coefficient (Wildman–Crippen LogP) is 2.51. The van der Waals surface area contributed by atoms with Crippen LogP contribution in [0.5, 0.6) is 0 Å². The molecule has 0 heterocycles. The minimum atomic E-state index is -3.42. The van der Waals surface area contributed by atoms with E-state index in [2.05, 4.69) is 0 Å². The second-order valence-electron chi connectivity index (χ2n) is 5.30. The van der Waals surface area contributed by atoms with E-state index < -0.39 is 15.7 Å². The second kappa shape index (κ2) is 6.01. The number of sulfone groups is 1. The van der Waals surface area contributed by atoms with Crippen molar-refractivity contribution in [1.82, 2.24) is 0 Å². The van der Waals surface area contributed by atoms with Crippen LogP contribution in [-0.2, 0) is 9.84 Å². The van der Waals surface area contributed by atoms with E-state index in [1.54, 1.807) is 0 Å². The molecule has 0 aliphatic heterocycles. The van der Waals surface area contributed by atoms with E-state index in [0.717, 1.165) is 25.7 Å². The SMILES string of the molecule is NC(CS(=O)(=O)c1ccc(F)cc1)C1CCCCC1. The van der Waals surface area contributed by atoms with Crippen LogP contribution in [0.15, 0.2) is 29.2 Å². The van der Waals surface area contributed by atoms with Gasteiger partial charge in [-0.25, -0.2) is 12.8 Å². The molecule has 1 aromatic carbocycles. The van der Waals surface area contributed by atoms with E-state index in [-0.39, 0.29) is 16.7 Å². The molecule has 2 rings (SSSR count). The zero-order valence-electron chi connectivity index (χ0n) is 10.9. The summed E-state index contributed by atoms with van der Waals surface area (Å²) in [4.78, 5) is 0.153. The minimum absolute atomic E-state index is 0.0523. The molecule has 0 amide bonds. The van der Waals surface area contributed by atoms with Gasteiger partial charge in [-0.2, -0.15) is 0 Å². The zero-order chi connectivity index (χ0) is 13.9. The molecule has 0 aromatic heterocycles. The first-order valence-electron chi connectivity index (χ1n) is 6.73. The van der Waals surface area contributed by atoms with E-state index in [0.29, 0.717) is 5.92 Å². The van der Waals surface area contributed by atoms with Crippen molar-refractivity contribution in [2.75, 3.05) is 5.75 Å². The Balaban J connectivity index is 2.05. The van der Waals surface area contributed by atoms with Crippen LogP contribution < -0.4 is 5.73 Å². The van der Waals surface area contributed by atoms with Crippen LogP contribution in [0, 0.1) is 11.7 Å². The van der Waals surface area contributed by atoms with Gasteiger partial charge in [0, 0.05) is 6.04 Å². The quantitative estimate of drug-likeness (QED) is 0.865. The van der Waals surface area contributed by atoms with E-state index in [9.17, 15) is 12.8 Å². The monoisotopic (exact) mass is 285 g/mol. The lowest BCUT2D eigenvalue weighted by atomic mass is 9.85. The van der Waals surface area contributed by atoms with Gasteiger partial charge in [0.05, 0.1) is 10.6 Å². The summed E-state index contributed by atoms with van der Waals surface area (Å²) in [6.45, 7) is 0. The lowest BCUT2D eigenvalue weighted by Gasteiger charge is -2.27. The normalized spacial score (nSPS) is 19.3. The highest BCUT2D eigenvalue weighted by atomic mass is 32.2. The standard InChI is InChI=1S/C14H20FNO2S/c15-12-6-8-13(9-7-12)19(17,18)10-14(16)11-4-2-1-3-5-11/h6-9,11,14H,1-5,10,16H2. The number of hydrogen-bond donors (Lipinski definition) is 1.